The van der Waals surface area contributed by atoms with E-state index in [9.17, 15) is 13.6 Å². The van der Waals surface area contributed by atoms with E-state index in [1.54, 1.807) is 25.1 Å². The summed E-state index contributed by atoms with van der Waals surface area (Å²) in [6, 6.07) is 6.08. The summed E-state index contributed by atoms with van der Waals surface area (Å²) in [7, 11) is 0. The summed E-state index contributed by atoms with van der Waals surface area (Å²) in [5.74, 6) is 0.636. The van der Waals surface area contributed by atoms with Gasteiger partial charge in [0.05, 0.1) is 12.6 Å². The number of benzene rings is 1. The number of amides is 1. The third-order valence-corrected chi connectivity index (χ3v) is 3.39. The van der Waals surface area contributed by atoms with Crippen molar-refractivity contribution in [2.24, 2.45) is 5.92 Å². The molecule has 1 amide bonds. The average Bonchev–Trinajstić information content (AvgIpc) is 3.22. The van der Waals surface area contributed by atoms with E-state index in [0.717, 1.165) is 6.54 Å². The lowest BCUT2D eigenvalue weighted by molar-refractivity contribution is -0.120. The number of rotatable bonds is 8. The van der Waals surface area contributed by atoms with Gasteiger partial charge in [-0.05, 0) is 38.3 Å². The van der Waals surface area contributed by atoms with Crippen LogP contribution in [0.15, 0.2) is 24.3 Å². The highest BCUT2D eigenvalue weighted by Crippen LogP contribution is 2.27. The van der Waals surface area contributed by atoms with Gasteiger partial charge in [0.25, 0.3) is 0 Å². The molecule has 1 atom stereocenters. The van der Waals surface area contributed by atoms with Crippen molar-refractivity contribution >= 4 is 18.3 Å². The number of carbonyl (C=O) groups is 1. The minimum absolute atomic E-state index is 0. The van der Waals surface area contributed by atoms with Crippen LogP contribution < -0.4 is 15.4 Å². The van der Waals surface area contributed by atoms with E-state index in [0.29, 0.717) is 11.5 Å². The van der Waals surface area contributed by atoms with Gasteiger partial charge in [-0.2, -0.15) is 8.78 Å². The molecule has 7 heteroatoms. The lowest BCUT2D eigenvalue weighted by atomic mass is 10.1. The molecule has 1 saturated carbocycles. The van der Waals surface area contributed by atoms with E-state index in [2.05, 4.69) is 15.4 Å². The fraction of sp³-hybridized carbons (Fsp3) is 0.533. The molecule has 0 bridgehead atoms. The summed E-state index contributed by atoms with van der Waals surface area (Å²) in [6.45, 7) is -0.0489. The molecule has 124 valence electrons. The zero-order valence-electron chi connectivity index (χ0n) is 12.4. The molecular formula is C15H21ClF2N2O2. The summed E-state index contributed by atoms with van der Waals surface area (Å²) in [5.41, 5.74) is 0.536. The van der Waals surface area contributed by atoms with Crippen molar-refractivity contribution in [3.8, 4) is 5.75 Å². The first-order valence-corrected chi connectivity index (χ1v) is 7.10. The molecule has 0 radical (unpaired) electrons. The molecule has 2 N–H and O–H groups in total. The molecule has 1 unspecified atom stereocenters. The molecule has 22 heavy (non-hydrogen) atoms. The van der Waals surface area contributed by atoms with Gasteiger partial charge < -0.3 is 15.4 Å². The number of nitrogens with one attached hydrogen (secondary N) is 2. The van der Waals surface area contributed by atoms with Gasteiger partial charge in [0.2, 0.25) is 5.91 Å². The van der Waals surface area contributed by atoms with Gasteiger partial charge in [-0.3, -0.25) is 4.79 Å². The van der Waals surface area contributed by atoms with Crippen LogP contribution in [0.2, 0.25) is 0 Å². The maximum Gasteiger partial charge on any atom is 0.387 e. The van der Waals surface area contributed by atoms with Gasteiger partial charge in [0.15, 0.2) is 0 Å². The van der Waals surface area contributed by atoms with Crippen LogP contribution >= 0.6 is 12.4 Å². The molecule has 1 aliphatic carbocycles. The molecule has 1 aromatic rings. The quantitative estimate of drug-likeness (QED) is 0.768. The van der Waals surface area contributed by atoms with E-state index in [1.807, 2.05) is 0 Å². The van der Waals surface area contributed by atoms with Crippen LogP contribution in [0.5, 0.6) is 5.75 Å². The second-order valence-corrected chi connectivity index (χ2v) is 5.28. The molecule has 0 spiro atoms. The topological polar surface area (TPSA) is 50.4 Å². The second-order valence-electron chi connectivity index (χ2n) is 5.28. The maximum atomic E-state index is 12.4. The Morgan fingerprint density at radius 1 is 1.36 bits per heavy atom. The van der Waals surface area contributed by atoms with E-state index in [4.69, 9.17) is 0 Å². The predicted octanol–water partition coefficient (Wildman–Crippen LogP) is 2.89. The third-order valence-electron chi connectivity index (χ3n) is 3.39. The van der Waals surface area contributed by atoms with Crippen molar-refractivity contribution in [1.29, 1.82) is 0 Å². The minimum atomic E-state index is -2.88. The van der Waals surface area contributed by atoms with Gasteiger partial charge in [-0.15, -0.1) is 12.4 Å². The zero-order valence-corrected chi connectivity index (χ0v) is 13.2. The first-order valence-electron chi connectivity index (χ1n) is 7.10. The standard InChI is InChI=1S/C15H20F2N2O2.ClH/c1-10(19-14(20)9-18-8-11-6-7-11)12-4-2-3-5-13(12)21-15(16)17;/h2-5,10-11,15,18H,6-9H2,1H3,(H,19,20);1H. The van der Waals surface area contributed by atoms with E-state index < -0.39 is 12.7 Å². The fourth-order valence-electron chi connectivity index (χ4n) is 2.12. The number of alkyl halides is 2. The first kappa shape index (κ1) is 18.6. The van der Waals surface area contributed by atoms with Crippen molar-refractivity contribution < 1.29 is 18.3 Å². The number of para-hydroxylation sites is 1. The maximum absolute atomic E-state index is 12.4. The Hall–Kier alpha value is -1.40. The summed E-state index contributed by atoms with van der Waals surface area (Å²) in [6.07, 6.45) is 2.45. The second kappa shape index (κ2) is 8.90. The van der Waals surface area contributed by atoms with Gasteiger partial charge in [-0.25, -0.2) is 0 Å². The third kappa shape index (κ3) is 6.15. The Balaban J connectivity index is 0.00000242. The number of ether oxygens (including phenoxy) is 1. The lowest BCUT2D eigenvalue weighted by Gasteiger charge is -2.18. The van der Waals surface area contributed by atoms with Crippen molar-refractivity contribution in [3.05, 3.63) is 29.8 Å². The van der Waals surface area contributed by atoms with Crippen LogP contribution in [-0.2, 0) is 4.79 Å². The number of hydrogen-bond acceptors (Lipinski definition) is 3. The Bertz CT molecular complexity index is 484. The number of hydrogen-bond donors (Lipinski definition) is 2. The summed E-state index contributed by atoms with van der Waals surface area (Å²) >= 11 is 0. The van der Waals surface area contributed by atoms with Crippen LogP contribution in [-0.4, -0.2) is 25.6 Å². The molecule has 0 aliphatic heterocycles. The average molecular weight is 335 g/mol. The van der Waals surface area contributed by atoms with Gasteiger partial charge >= 0.3 is 6.61 Å². The molecule has 1 aromatic carbocycles. The van der Waals surface area contributed by atoms with E-state index in [1.165, 1.54) is 18.9 Å². The fourth-order valence-corrected chi connectivity index (χ4v) is 2.12. The van der Waals surface area contributed by atoms with Gasteiger partial charge in [0, 0.05) is 5.56 Å². The van der Waals surface area contributed by atoms with Crippen molar-refractivity contribution in [3.63, 3.8) is 0 Å². The Morgan fingerprint density at radius 2 is 2.05 bits per heavy atom. The van der Waals surface area contributed by atoms with Crippen LogP contribution in [0.3, 0.4) is 0 Å². The molecule has 1 fully saturated rings. The minimum Gasteiger partial charge on any atom is -0.434 e. The number of carbonyl (C=O) groups excluding carboxylic acids is 1. The highest BCUT2D eigenvalue weighted by atomic mass is 35.5. The zero-order chi connectivity index (χ0) is 15.2. The largest absolute Gasteiger partial charge is 0.434 e. The van der Waals surface area contributed by atoms with E-state index >= 15 is 0 Å². The monoisotopic (exact) mass is 334 g/mol. The first-order chi connectivity index (χ1) is 10.1. The van der Waals surface area contributed by atoms with Crippen LogP contribution in [0, 0.1) is 5.92 Å². The van der Waals surface area contributed by atoms with Crippen molar-refractivity contribution in [2.45, 2.75) is 32.4 Å². The molecule has 0 saturated heterocycles. The lowest BCUT2D eigenvalue weighted by Crippen LogP contribution is -2.36. The Kier molecular flexibility index (Phi) is 7.55. The smallest absolute Gasteiger partial charge is 0.387 e. The highest BCUT2D eigenvalue weighted by molar-refractivity contribution is 5.85. The molecule has 0 aromatic heterocycles. The van der Waals surface area contributed by atoms with Gasteiger partial charge in [0.1, 0.15) is 5.75 Å². The molecule has 4 nitrogen and oxygen atoms in total. The Labute approximate surface area is 135 Å². The van der Waals surface area contributed by atoms with Crippen molar-refractivity contribution in [2.75, 3.05) is 13.1 Å². The normalized spacial score (nSPS) is 15.1. The molecular weight excluding hydrogens is 314 g/mol. The summed E-state index contributed by atoms with van der Waals surface area (Å²) in [5, 5.41) is 5.87. The molecule has 1 aliphatic rings. The SMILES string of the molecule is CC(NC(=O)CNCC1CC1)c1ccccc1OC(F)F.Cl. The number of halogens is 3. The van der Waals surface area contributed by atoms with Crippen LogP contribution in [0.4, 0.5) is 8.78 Å². The Morgan fingerprint density at radius 3 is 2.68 bits per heavy atom. The van der Waals surface area contributed by atoms with Crippen LogP contribution in [0.25, 0.3) is 0 Å². The summed E-state index contributed by atoms with van der Waals surface area (Å²) in [4.78, 5) is 11.8. The molecule has 0 heterocycles. The highest BCUT2D eigenvalue weighted by Gasteiger charge is 2.21. The predicted molar refractivity (Wildman–Crippen MR) is 82.5 cm³/mol. The van der Waals surface area contributed by atoms with E-state index in [-0.39, 0.29) is 30.6 Å². The van der Waals surface area contributed by atoms with Gasteiger partial charge in [-0.1, -0.05) is 18.2 Å². The molecule has 2 rings (SSSR count). The van der Waals surface area contributed by atoms with Crippen LogP contribution in [0.1, 0.15) is 31.4 Å². The summed E-state index contributed by atoms with van der Waals surface area (Å²) < 4.78 is 29.2. The van der Waals surface area contributed by atoms with Crippen molar-refractivity contribution in [1.82, 2.24) is 10.6 Å².